The van der Waals surface area contributed by atoms with Crippen molar-refractivity contribution in [3.8, 4) is 0 Å². The molecule has 0 aromatic rings. The van der Waals surface area contributed by atoms with Crippen LogP contribution in [-0.2, 0) is 14.3 Å². The maximum atomic E-state index is 12.5. The number of esters is 1. The molecule has 0 saturated heterocycles. The van der Waals surface area contributed by atoms with Gasteiger partial charge < -0.3 is 20.3 Å². The smallest absolute Gasteiger partial charge is 0.305 e. The van der Waals surface area contributed by atoms with E-state index in [0.717, 1.165) is 51.4 Å². The molecule has 0 aromatic heterocycles. The molecule has 0 bridgehead atoms. The van der Waals surface area contributed by atoms with E-state index in [4.69, 9.17) is 4.74 Å². The fourth-order valence-corrected chi connectivity index (χ4v) is 11.1. The molecule has 0 aliphatic rings. The molecule has 456 valence electrons. The summed E-state index contributed by atoms with van der Waals surface area (Å²) in [6, 6.07) is -0.537. The Labute approximate surface area is 481 Å². The number of aliphatic hydroxyl groups is 2. The monoisotopic (exact) mass is 1080 g/mol. The van der Waals surface area contributed by atoms with E-state index >= 15 is 0 Å². The Morgan fingerprint density at radius 3 is 1.01 bits per heavy atom. The number of amides is 1. The van der Waals surface area contributed by atoms with E-state index in [9.17, 15) is 19.8 Å². The van der Waals surface area contributed by atoms with E-state index in [-0.39, 0.29) is 18.5 Å². The van der Waals surface area contributed by atoms with E-state index in [1.807, 2.05) is 0 Å². The number of nitrogens with one attached hydrogen (secondary N) is 1. The molecular formula is C71H137NO5. The Kier molecular flexibility index (Phi) is 65.4. The van der Waals surface area contributed by atoms with Crippen LogP contribution in [-0.4, -0.2) is 47.4 Å². The second kappa shape index (κ2) is 66.8. The minimum absolute atomic E-state index is 0.0163. The van der Waals surface area contributed by atoms with Crippen LogP contribution >= 0.6 is 0 Å². The summed E-state index contributed by atoms with van der Waals surface area (Å²) >= 11 is 0. The zero-order valence-electron chi connectivity index (χ0n) is 52.2. The summed E-state index contributed by atoms with van der Waals surface area (Å²) in [6.07, 6.45) is 83.7. The SMILES string of the molecule is CCCCC/C=C\C/C=C\CCCCCCCCCCCC(=O)OCCCCCCCCCCCCCCCCCCCCCCCCCCCCCCCC(=O)NC(CO)C(O)CCCCCCCCCCCCCC. The Morgan fingerprint density at radius 2 is 0.649 bits per heavy atom. The first-order chi connectivity index (χ1) is 38.0. The molecule has 77 heavy (non-hydrogen) atoms. The number of rotatable bonds is 66. The minimum Gasteiger partial charge on any atom is -0.466 e. The Balaban J connectivity index is 3.31. The lowest BCUT2D eigenvalue weighted by molar-refractivity contribution is -0.143. The van der Waals surface area contributed by atoms with Crippen molar-refractivity contribution in [3.63, 3.8) is 0 Å². The molecule has 0 heterocycles. The molecule has 0 radical (unpaired) electrons. The summed E-state index contributed by atoms with van der Waals surface area (Å²) in [5.74, 6) is -0.0136. The maximum absolute atomic E-state index is 12.5. The molecule has 6 heteroatoms. The van der Waals surface area contributed by atoms with Crippen LogP contribution in [0.4, 0.5) is 0 Å². The molecule has 3 N–H and O–H groups in total. The van der Waals surface area contributed by atoms with Crippen molar-refractivity contribution in [1.29, 1.82) is 0 Å². The Bertz CT molecular complexity index is 1200. The average molecular weight is 1080 g/mol. The van der Waals surface area contributed by atoms with E-state index in [2.05, 4.69) is 43.5 Å². The van der Waals surface area contributed by atoms with Crippen molar-refractivity contribution in [2.45, 2.75) is 405 Å². The average Bonchev–Trinajstić information content (AvgIpc) is 3.43. The van der Waals surface area contributed by atoms with Gasteiger partial charge in [0.25, 0.3) is 0 Å². The van der Waals surface area contributed by atoms with Crippen LogP contribution in [0.15, 0.2) is 24.3 Å². The van der Waals surface area contributed by atoms with Crippen molar-refractivity contribution in [2.24, 2.45) is 0 Å². The summed E-state index contributed by atoms with van der Waals surface area (Å²) < 4.78 is 5.51. The lowest BCUT2D eigenvalue weighted by atomic mass is 10.0. The van der Waals surface area contributed by atoms with E-state index < -0.39 is 12.1 Å². The molecule has 0 aliphatic carbocycles. The van der Waals surface area contributed by atoms with Gasteiger partial charge >= 0.3 is 5.97 Å². The number of aliphatic hydroxyl groups excluding tert-OH is 2. The van der Waals surface area contributed by atoms with Crippen LogP contribution in [0.3, 0.4) is 0 Å². The van der Waals surface area contributed by atoms with Crippen molar-refractivity contribution < 1.29 is 24.5 Å². The third kappa shape index (κ3) is 63.4. The number of unbranched alkanes of at least 4 members (excludes halogenated alkanes) is 51. The number of hydrogen-bond acceptors (Lipinski definition) is 5. The van der Waals surface area contributed by atoms with Gasteiger partial charge in [0.15, 0.2) is 0 Å². The summed E-state index contributed by atoms with van der Waals surface area (Å²) in [5.41, 5.74) is 0. The zero-order chi connectivity index (χ0) is 55.7. The third-order valence-corrected chi connectivity index (χ3v) is 16.5. The second-order valence-corrected chi connectivity index (χ2v) is 24.2. The van der Waals surface area contributed by atoms with Gasteiger partial charge in [-0.25, -0.2) is 0 Å². The fourth-order valence-electron chi connectivity index (χ4n) is 11.1. The first kappa shape index (κ1) is 75.3. The van der Waals surface area contributed by atoms with Crippen molar-refractivity contribution in [2.75, 3.05) is 13.2 Å². The van der Waals surface area contributed by atoms with Crippen LogP contribution in [0.25, 0.3) is 0 Å². The molecule has 0 aromatic carbocycles. The second-order valence-electron chi connectivity index (χ2n) is 24.2. The normalized spacial score (nSPS) is 12.6. The largest absolute Gasteiger partial charge is 0.466 e. The van der Waals surface area contributed by atoms with Crippen LogP contribution in [0.2, 0.25) is 0 Å². The van der Waals surface area contributed by atoms with E-state index in [1.54, 1.807) is 0 Å². The lowest BCUT2D eigenvalue weighted by Gasteiger charge is -2.22. The predicted octanol–water partition coefficient (Wildman–Crippen LogP) is 22.5. The Hall–Kier alpha value is -1.66. The highest BCUT2D eigenvalue weighted by Gasteiger charge is 2.20. The van der Waals surface area contributed by atoms with Crippen LogP contribution < -0.4 is 5.32 Å². The Morgan fingerprint density at radius 1 is 0.364 bits per heavy atom. The molecule has 2 unspecified atom stereocenters. The van der Waals surface area contributed by atoms with Gasteiger partial charge in [-0.3, -0.25) is 9.59 Å². The van der Waals surface area contributed by atoms with Gasteiger partial charge in [0, 0.05) is 12.8 Å². The lowest BCUT2D eigenvalue weighted by Crippen LogP contribution is -2.45. The molecule has 2 atom stereocenters. The van der Waals surface area contributed by atoms with Gasteiger partial charge in [-0.1, -0.05) is 346 Å². The highest BCUT2D eigenvalue weighted by atomic mass is 16.5. The molecule has 0 rings (SSSR count). The minimum atomic E-state index is -0.660. The quantitative estimate of drug-likeness (QED) is 0.0320. The molecule has 0 aliphatic heterocycles. The maximum Gasteiger partial charge on any atom is 0.305 e. The fraction of sp³-hybridized carbons (Fsp3) is 0.915. The van der Waals surface area contributed by atoms with Crippen molar-refractivity contribution >= 4 is 11.9 Å². The van der Waals surface area contributed by atoms with Gasteiger partial charge in [-0.2, -0.15) is 0 Å². The van der Waals surface area contributed by atoms with Crippen molar-refractivity contribution in [3.05, 3.63) is 24.3 Å². The third-order valence-electron chi connectivity index (χ3n) is 16.5. The topological polar surface area (TPSA) is 95.9 Å². The number of ether oxygens (including phenoxy) is 1. The van der Waals surface area contributed by atoms with Gasteiger partial charge in [0.1, 0.15) is 0 Å². The molecule has 0 fully saturated rings. The van der Waals surface area contributed by atoms with Gasteiger partial charge in [0.05, 0.1) is 25.4 Å². The first-order valence-electron chi connectivity index (χ1n) is 35.1. The molecular weight excluding hydrogens is 947 g/mol. The zero-order valence-corrected chi connectivity index (χ0v) is 52.2. The summed E-state index contributed by atoms with van der Waals surface area (Å²) in [6.45, 7) is 4.95. The van der Waals surface area contributed by atoms with Crippen LogP contribution in [0.1, 0.15) is 393 Å². The standard InChI is InChI=1S/C71H137NO5/c1-3-5-7-9-11-13-15-17-18-19-31-35-38-41-45-49-53-57-61-65-71(76)77-66-62-58-54-50-46-42-39-36-33-30-28-26-24-22-20-21-23-25-27-29-32-34-37-40-44-48-52-56-60-64-70(75)72-68(67-73)69(74)63-59-55-51-47-43-16-14-12-10-8-6-4-2/h11,13,17-18,68-69,73-74H,3-10,12,14-16,19-67H2,1-2H3,(H,72,75)/b13-11-,18-17-. The molecule has 1 amide bonds. The first-order valence-corrected chi connectivity index (χ1v) is 35.1. The van der Waals surface area contributed by atoms with Gasteiger partial charge in [-0.05, 0) is 57.8 Å². The van der Waals surface area contributed by atoms with Crippen LogP contribution in [0.5, 0.6) is 0 Å². The number of carbonyl (C=O) groups is 2. The highest BCUT2D eigenvalue weighted by molar-refractivity contribution is 5.76. The number of carbonyl (C=O) groups excluding carboxylic acids is 2. The van der Waals surface area contributed by atoms with Gasteiger partial charge in [0.2, 0.25) is 5.91 Å². The highest BCUT2D eigenvalue weighted by Crippen LogP contribution is 2.19. The number of hydrogen-bond donors (Lipinski definition) is 3. The van der Waals surface area contributed by atoms with Gasteiger partial charge in [-0.15, -0.1) is 0 Å². The summed E-state index contributed by atoms with van der Waals surface area (Å²) in [4.78, 5) is 24.6. The molecule has 6 nitrogen and oxygen atoms in total. The summed E-state index contributed by atoms with van der Waals surface area (Å²) in [7, 11) is 0. The molecule has 0 saturated carbocycles. The summed E-state index contributed by atoms with van der Waals surface area (Å²) in [5, 5.41) is 23.3. The van der Waals surface area contributed by atoms with Crippen molar-refractivity contribution in [1.82, 2.24) is 5.32 Å². The van der Waals surface area contributed by atoms with E-state index in [0.29, 0.717) is 25.9 Å². The molecule has 0 spiro atoms. The predicted molar refractivity (Wildman–Crippen MR) is 338 cm³/mol. The van der Waals surface area contributed by atoms with E-state index in [1.165, 1.54) is 308 Å². The number of allylic oxidation sites excluding steroid dienone is 4. The van der Waals surface area contributed by atoms with Crippen LogP contribution in [0, 0.1) is 0 Å².